The lowest BCUT2D eigenvalue weighted by molar-refractivity contribution is -0.119. The van der Waals surface area contributed by atoms with Crippen LogP contribution in [-0.4, -0.2) is 31.2 Å². The summed E-state index contributed by atoms with van der Waals surface area (Å²) >= 11 is 0. The second-order valence-corrected chi connectivity index (χ2v) is 4.29. The second-order valence-electron chi connectivity index (χ2n) is 4.29. The molecule has 4 nitrogen and oxygen atoms in total. The Morgan fingerprint density at radius 2 is 2.06 bits per heavy atom. The van der Waals surface area contributed by atoms with Gasteiger partial charge in [0.15, 0.2) is 0 Å². The second kappa shape index (κ2) is 7.01. The molecule has 2 N–H and O–H groups in total. The molecule has 0 radical (unpaired) electrons. The van der Waals surface area contributed by atoms with Crippen molar-refractivity contribution in [3.05, 3.63) is 29.8 Å². The van der Waals surface area contributed by atoms with Gasteiger partial charge in [-0.1, -0.05) is 25.1 Å². The lowest BCUT2D eigenvalue weighted by Gasteiger charge is -2.23. The van der Waals surface area contributed by atoms with Crippen LogP contribution >= 0.6 is 0 Å². The molecule has 0 spiro atoms. The quantitative estimate of drug-likeness (QED) is 0.808. The maximum atomic E-state index is 11.6. The number of carbonyl (C=O) groups is 1. The molecule has 1 rings (SSSR count). The third-order valence-corrected chi connectivity index (χ3v) is 2.85. The zero-order valence-electron chi connectivity index (χ0n) is 11.3. The zero-order valence-corrected chi connectivity index (χ0v) is 11.3. The van der Waals surface area contributed by atoms with E-state index < -0.39 is 6.10 Å². The van der Waals surface area contributed by atoms with Crippen LogP contribution < -0.4 is 10.2 Å². The van der Waals surface area contributed by atoms with Gasteiger partial charge >= 0.3 is 0 Å². The van der Waals surface area contributed by atoms with E-state index in [1.165, 1.54) is 0 Å². The zero-order chi connectivity index (χ0) is 13.5. The van der Waals surface area contributed by atoms with Crippen LogP contribution in [0.5, 0.6) is 0 Å². The van der Waals surface area contributed by atoms with Crippen LogP contribution in [0.15, 0.2) is 24.3 Å². The summed E-state index contributed by atoms with van der Waals surface area (Å²) in [5.41, 5.74) is 1.77. The topological polar surface area (TPSA) is 52.6 Å². The van der Waals surface area contributed by atoms with Crippen LogP contribution in [0.4, 0.5) is 5.69 Å². The predicted octanol–water partition coefficient (Wildman–Crippen LogP) is 1.70. The van der Waals surface area contributed by atoms with Crippen molar-refractivity contribution in [1.82, 2.24) is 5.32 Å². The first kappa shape index (κ1) is 14.5. The fourth-order valence-electron chi connectivity index (χ4n) is 1.89. The highest BCUT2D eigenvalue weighted by atomic mass is 16.3. The van der Waals surface area contributed by atoms with Crippen molar-refractivity contribution in [2.75, 3.05) is 25.0 Å². The van der Waals surface area contributed by atoms with Crippen LogP contribution in [-0.2, 0) is 4.79 Å². The van der Waals surface area contributed by atoms with Crippen molar-refractivity contribution >= 4 is 11.6 Å². The van der Waals surface area contributed by atoms with Gasteiger partial charge in [0, 0.05) is 24.8 Å². The smallest absolute Gasteiger partial charge is 0.239 e. The van der Waals surface area contributed by atoms with E-state index in [-0.39, 0.29) is 5.91 Å². The van der Waals surface area contributed by atoms with E-state index in [1.807, 2.05) is 50.1 Å². The van der Waals surface area contributed by atoms with E-state index in [1.54, 1.807) is 0 Å². The minimum atomic E-state index is -0.488. The van der Waals surface area contributed by atoms with Crippen LogP contribution in [0.3, 0.4) is 0 Å². The van der Waals surface area contributed by atoms with Crippen molar-refractivity contribution in [3.63, 3.8) is 0 Å². The molecule has 18 heavy (non-hydrogen) atoms. The number of hydrogen-bond acceptors (Lipinski definition) is 3. The molecule has 100 valence electrons. The van der Waals surface area contributed by atoms with E-state index in [9.17, 15) is 9.90 Å². The van der Waals surface area contributed by atoms with Crippen molar-refractivity contribution in [2.45, 2.75) is 26.4 Å². The summed E-state index contributed by atoms with van der Waals surface area (Å²) in [7, 11) is 1.86. The molecule has 1 aromatic rings. The molecule has 1 unspecified atom stereocenters. The van der Waals surface area contributed by atoms with Crippen LogP contribution in [0.1, 0.15) is 31.9 Å². The minimum Gasteiger partial charge on any atom is -0.388 e. The Kier molecular flexibility index (Phi) is 5.65. The molecular formula is C14H22N2O2. The van der Waals surface area contributed by atoms with Crippen molar-refractivity contribution in [1.29, 1.82) is 0 Å². The van der Waals surface area contributed by atoms with Gasteiger partial charge in [0.1, 0.15) is 0 Å². The summed E-state index contributed by atoms with van der Waals surface area (Å²) in [6.07, 6.45) is 0.171. The monoisotopic (exact) mass is 250 g/mol. The van der Waals surface area contributed by atoms with Crippen LogP contribution in [0, 0.1) is 0 Å². The molecule has 0 aromatic heterocycles. The Bertz CT molecular complexity index is 393. The van der Waals surface area contributed by atoms with E-state index >= 15 is 0 Å². The van der Waals surface area contributed by atoms with Gasteiger partial charge in [0.25, 0.3) is 0 Å². The Labute approximate surface area is 109 Å². The predicted molar refractivity (Wildman–Crippen MR) is 73.6 cm³/mol. The first-order chi connectivity index (χ1) is 8.60. The Morgan fingerprint density at radius 1 is 1.39 bits per heavy atom. The standard InChI is InChI=1S/C14H22N2O2/c1-4-13(17)11-8-6-7-9-12(11)16(3)10-14(18)15-5-2/h6-9,13,17H,4-5,10H2,1-3H3,(H,15,18). The fraction of sp³-hybridized carbons (Fsp3) is 0.500. The third kappa shape index (κ3) is 3.74. The third-order valence-electron chi connectivity index (χ3n) is 2.85. The van der Waals surface area contributed by atoms with Gasteiger partial charge in [-0.3, -0.25) is 4.79 Å². The largest absolute Gasteiger partial charge is 0.388 e. The SMILES string of the molecule is CCNC(=O)CN(C)c1ccccc1C(O)CC. The molecule has 0 aliphatic carbocycles. The number of rotatable bonds is 6. The minimum absolute atomic E-state index is 0.0132. The first-order valence-corrected chi connectivity index (χ1v) is 6.34. The number of benzene rings is 1. The number of nitrogens with one attached hydrogen (secondary N) is 1. The summed E-state index contributed by atoms with van der Waals surface area (Å²) in [5.74, 6) is -0.0132. The average molecular weight is 250 g/mol. The lowest BCUT2D eigenvalue weighted by atomic mass is 10.0. The lowest BCUT2D eigenvalue weighted by Crippen LogP contribution is -2.35. The Hall–Kier alpha value is -1.55. The van der Waals surface area contributed by atoms with Gasteiger partial charge in [-0.05, 0) is 19.4 Å². The molecule has 0 saturated carbocycles. The van der Waals surface area contributed by atoms with Gasteiger partial charge in [-0.25, -0.2) is 0 Å². The Balaban J connectivity index is 2.84. The number of aliphatic hydroxyl groups excluding tert-OH is 1. The summed E-state index contributed by atoms with van der Waals surface area (Å²) in [6.45, 7) is 4.76. The Morgan fingerprint density at radius 3 is 2.67 bits per heavy atom. The van der Waals surface area contributed by atoms with E-state index in [2.05, 4.69) is 5.32 Å². The molecule has 1 atom stereocenters. The molecule has 0 heterocycles. The normalized spacial score (nSPS) is 12.0. The highest BCUT2D eigenvalue weighted by molar-refractivity contribution is 5.81. The van der Waals surface area contributed by atoms with Crippen LogP contribution in [0.2, 0.25) is 0 Å². The summed E-state index contributed by atoms with van der Waals surface area (Å²) in [5, 5.41) is 12.7. The number of amides is 1. The maximum Gasteiger partial charge on any atom is 0.239 e. The van der Waals surface area contributed by atoms with Crippen molar-refractivity contribution < 1.29 is 9.90 Å². The summed E-state index contributed by atoms with van der Waals surface area (Å²) < 4.78 is 0. The molecule has 1 amide bonds. The summed E-state index contributed by atoms with van der Waals surface area (Å²) in [6, 6.07) is 7.64. The van der Waals surface area contributed by atoms with Crippen molar-refractivity contribution in [3.8, 4) is 0 Å². The fourth-order valence-corrected chi connectivity index (χ4v) is 1.89. The molecular weight excluding hydrogens is 228 g/mol. The number of nitrogens with zero attached hydrogens (tertiary/aromatic N) is 1. The number of hydrogen-bond donors (Lipinski definition) is 2. The number of likely N-dealkylation sites (N-methyl/N-ethyl adjacent to an activating group) is 2. The number of para-hydroxylation sites is 1. The van der Waals surface area contributed by atoms with E-state index in [0.29, 0.717) is 19.5 Å². The molecule has 1 aromatic carbocycles. The van der Waals surface area contributed by atoms with E-state index in [0.717, 1.165) is 11.3 Å². The van der Waals surface area contributed by atoms with Gasteiger partial charge < -0.3 is 15.3 Å². The molecule has 0 aliphatic rings. The number of aliphatic hydroxyl groups is 1. The molecule has 4 heteroatoms. The summed E-state index contributed by atoms with van der Waals surface area (Å²) in [4.78, 5) is 13.4. The number of anilines is 1. The molecule has 0 saturated heterocycles. The maximum absolute atomic E-state index is 11.6. The van der Waals surface area contributed by atoms with E-state index in [4.69, 9.17) is 0 Å². The van der Waals surface area contributed by atoms with Crippen molar-refractivity contribution in [2.24, 2.45) is 0 Å². The number of carbonyl (C=O) groups excluding carboxylic acids is 1. The molecule has 0 aliphatic heterocycles. The van der Waals surface area contributed by atoms with Gasteiger partial charge in [-0.15, -0.1) is 0 Å². The van der Waals surface area contributed by atoms with Gasteiger partial charge in [0.2, 0.25) is 5.91 Å². The highest BCUT2D eigenvalue weighted by Crippen LogP contribution is 2.27. The van der Waals surface area contributed by atoms with Gasteiger partial charge in [-0.2, -0.15) is 0 Å². The average Bonchev–Trinajstić information content (AvgIpc) is 2.38. The first-order valence-electron chi connectivity index (χ1n) is 6.34. The molecule has 0 fully saturated rings. The van der Waals surface area contributed by atoms with Crippen LogP contribution in [0.25, 0.3) is 0 Å². The molecule has 0 bridgehead atoms. The highest BCUT2D eigenvalue weighted by Gasteiger charge is 2.14. The van der Waals surface area contributed by atoms with Gasteiger partial charge in [0.05, 0.1) is 12.6 Å².